The minimum Gasteiger partial charge on any atom is -0.309 e. The Balaban J connectivity index is 1.25. The third kappa shape index (κ3) is 5.79. The highest BCUT2D eigenvalue weighted by Crippen LogP contribution is 2.40. The van der Waals surface area contributed by atoms with E-state index < -0.39 is 0 Å². The third-order valence-corrected chi connectivity index (χ3v) is 10.2. The van der Waals surface area contributed by atoms with Crippen molar-refractivity contribution in [1.29, 1.82) is 0 Å². The quantitative estimate of drug-likeness (QED) is 0.162. The molecule has 5 nitrogen and oxygen atoms in total. The zero-order valence-electron chi connectivity index (χ0n) is 29.6. The van der Waals surface area contributed by atoms with E-state index in [1.54, 1.807) is 0 Å². The number of aromatic nitrogens is 4. The van der Waals surface area contributed by atoms with E-state index >= 15 is 0 Å². The van der Waals surface area contributed by atoms with Crippen LogP contribution in [-0.2, 0) is 0 Å². The van der Waals surface area contributed by atoms with Gasteiger partial charge < -0.3 is 4.57 Å². The third-order valence-electron chi connectivity index (χ3n) is 10.2. The summed E-state index contributed by atoms with van der Waals surface area (Å²) in [6.45, 7) is 8.05. The van der Waals surface area contributed by atoms with E-state index in [4.69, 9.17) is 21.5 Å². The van der Waals surface area contributed by atoms with Gasteiger partial charge in [-0.25, -0.2) is 19.8 Å². The molecule has 0 fully saturated rings. The van der Waals surface area contributed by atoms with Crippen molar-refractivity contribution >= 4 is 38.3 Å². The van der Waals surface area contributed by atoms with E-state index in [9.17, 15) is 0 Å². The average molecular weight is 702 g/mol. The summed E-state index contributed by atoms with van der Waals surface area (Å²) in [5.41, 5.74) is 10.4. The Labute approximate surface area is 318 Å². The molecule has 0 atom stereocenters. The van der Waals surface area contributed by atoms with Gasteiger partial charge in [0.15, 0.2) is 23.2 Å². The van der Waals surface area contributed by atoms with Crippen LogP contribution in [0.1, 0.15) is 0 Å². The lowest BCUT2D eigenvalue weighted by molar-refractivity contribution is 1.07. The molecule has 0 aliphatic carbocycles. The summed E-state index contributed by atoms with van der Waals surface area (Å²) in [4.78, 5) is 19.1. The van der Waals surface area contributed by atoms with Gasteiger partial charge in [-0.2, -0.15) is 0 Å². The molecule has 0 N–H and O–H groups in total. The fourth-order valence-corrected chi connectivity index (χ4v) is 7.57. The lowest BCUT2D eigenvalue weighted by atomic mass is 9.99. The molecule has 5 heteroatoms. The first-order chi connectivity index (χ1) is 27.2. The molecule has 0 radical (unpaired) electrons. The van der Waals surface area contributed by atoms with Crippen LogP contribution in [0.3, 0.4) is 0 Å². The lowest BCUT2D eigenvalue weighted by Crippen LogP contribution is -2.02. The molecule has 2 heterocycles. The molecule has 0 spiro atoms. The first-order valence-corrected chi connectivity index (χ1v) is 18.2. The monoisotopic (exact) mass is 701 g/mol. The van der Waals surface area contributed by atoms with Crippen LogP contribution in [0.15, 0.2) is 188 Å². The Morgan fingerprint density at radius 3 is 1.69 bits per heavy atom. The summed E-state index contributed by atoms with van der Waals surface area (Å²) in [5.74, 6) is 1.73. The van der Waals surface area contributed by atoms with Crippen LogP contribution in [0.25, 0.3) is 99.5 Å². The number of nitrogens with zero attached hydrogens (tertiary/aromatic N) is 5. The fourth-order valence-electron chi connectivity index (χ4n) is 7.57. The molecule has 10 rings (SSSR count). The Hall–Kier alpha value is -7.68. The van der Waals surface area contributed by atoms with Crippen molar-refractivity contribution in [3.8, 4) is 62.1 Å². The molecular weight excluding hydrogens is 671 g/mol. The molecule has 55 heavy (non-hydrogen) atoms. The van der Waals surface area contributed by atoms with Crippen molar-refractivity contribution in [3.05, 3.63) is 199 Å². The van der Waals surface area contributed by atoms with E-state index in [0.29, 0.717) is 23.2 Å². The van der Waals surface area contributed by atoms with Crippen LogP contribution in [0, 0.1) is 6.57 Å². The molecular formula is C50H31N5. The summed E-state index contributed by atoms with van der Waals surface area (Å²) >= 11 is 0. The normalized spacial score (nSPS) is 11.3. The minimum atomic E-state index is 0.550. The Morgan fingerprint density at radius 1 is 0.382 bits per heavy atom. The maximum Gasteiger partial charge on any atom is 0.194 e. The Bertz CT molecular complexity index is 3050. The summed E-state index contributed by atoms with van der Waals surface area (Å²) < 4.78 is 2.33. The predicted molar refractivity (Wildman–Crippen MR) is 225 cm³/mol. The molecule has 0 saturated carbocycles. The number of benzene rings is 8. The van der Waals surface area contributed by atoms with Gasteiger partial charge in [0.2, 0.25) is 0 Å². The van der Waals surface area contributed by atoms with Gasteiger partial charge >= 0.3 is 0 Å². The second kappa shape index (κ2) is 13.4. The van der Waals surface area contributed by atoms with Gasteiger partial charge in [0.25, 0.3) is 0 Å². The molecule has 0 bridgehead atoms. The summed E-state index contributed by atoms with van der Waals surface area (Å²) in [5, 5.41) is 4.74. The first kappa shape index (κ1) is 32.0. The van der Waals surface area contributed by atoms with Crippen molar-refractivity contribution in [2.75, 3.05) is 0 Å². The van der Waals surface area contributed by atoms with Gasteiger partial charge in [-0.3, -0.25) is 0 Å². The summed E-state index contributed by atoms with van der Waals surface area (Å²) in [6.07, 6.45) is 0. The van der Waals surface area contributed by atoms with E-state index in [1.165, 1.54) is 10.8 Å². The second-order valence-corrected chi connectivity index (χ2v) is 13.6. The lowest BCUT2D eigenvalue weighted by Gasteiger charge is -2.15. The van der Waals surface area contributed by atoms with Crippen LogP contribution in [0.2, 0.25) is 0 Å². The van der Waals surface area contributed by atoms with Gasteiger partial charge in [0.05, 0.1) is 17.6 Å². The van der Waals surface area contributed by atoms with Crippen molar-refractivity contribution in [3.63, 3.8) is 0 Å². The molecule has 0 unspecified atom stereocenters. The smallest absolute Gasteiger partial charge is 0.194 e. The number of rotatable bonds is 6. The van der Waals surface area contributed by atoms with Crippen molar-refractivity contribution in [2.24, 2.45) is 0 Å². The minimum absolute atomic E-state index is 0.550. The zero-order valence-corrected chi connectivity index (χ0v) is 29.6. The van der Waals surface area contributed by atoms with Crippen molar-refractivity contribution in [2.45, 2.75) is 0 Å². The predicted octanol–water partition coefficient (Wildman–Crippen LogP) is 13.0. The van der Waals surface area contributed by atoms with Crippen molar-refractivity contribution < 1.29 is 0 Å². The first-order valence-electron chi connectivity index (χ1n) is 18.2. The largest absolute Gasteiger partial charge is 0.309 e. The van der Waals surface area contributed by atoms with Gasteiger partial charge in [0, 0.05) is 33.2 Å². The van der Waals surface area contributed by atoms with Crippen molar-refractivity contribution in [1.82, 2.24) is 19.5 Å². The molecule has 8 aromatic carbocycles. The Morgan fingerprint density at radius 2 is 0.945 bits per heavy atom. The van der Waals surface area contributed by atoms with Gasteiger partial charge in [0.1, 0.15) is 0 Å². The van der Waals surface area contributed by atoms with E-state index in [1.807, 2.05) is 84.9 Å². The van der Waals surface area contributed by atoms with E-state index in [2.05, 4.69) is 113 Å². The highest BCUT2D eigenvalue weighted by molar-refractivity contribution is 6.10. The molecule has 2 aromatic heterocycles. The number of hydrogen-bond donors (Lipinski definition) is 0. The van der Waals surface area contributed by atoms with E-state index in [0.717, 1.165) is 66.4 Å². The van der Waals surface area contributed by atoms with Gasteiger partial charge in [-0.1, -0.05) is 152 Å². The topological polar surface area (TPSA) is 48.0 Å². The summed E-state index contributed by atoms with van der Waals surface area (Å²) in [7, 11) is 0. The van der Waals surface area contributed by atoms with Gasteiger partial charge in [-0.05, 0) is 69.4 Å². The number of hydrogen-bond acceptors (Lipinski definition) is 3. The average Bonchev–Trinajstić information content (AvgIpc) is 3.60. The fraction of sp³-hybridized carbons (Fsp3) is 0. The van der Waals surface area contributed by atoms with Gasteiger partial charge in [-0.15, -0.1) is 0 Å². The van der Waals surface area contributed by atoms with Crippen LogP contribution < -0.4 is 0 Å². The SMILES string of the molecule is [C-]#[N+]c1ccccc1-c1cc(-c2nc(-c3ccccc3)nc(-c3ccccc3)n2)cc(-n2c3ccccc3c3ccc(-c4ccc5ccccc5c4)cc32)c1. The molecule has 0 saturated heterocycles. The highest BCUT2D eigenvalue weighted by atomic mass is 15.0. The second-order valence-electron chi connectivity index (χ2n) is 13.6. The number of para-hydroxylation sites is 2. The molecule has 10 aromatic rings. The molecule has 0 aliphatic heterocycles. The number of fused-ring (bicyclic) bond motifs is 4. The molecule has 0 aliphatic rings. The van der Waals surface area contributed by atoms with Crippen LogP contribution >= 0.6 is 0 Å². The molecule has 0 amide bonds. The maximum absolute atomic E-state index is 8.05. The molecule has 256 valence electrons. The van der Waals surface area contributed by atoms with Crippen LogP contribution in [0.5, 0.6) is 0 Å². The summed E-state index contributed by atoms with van der Waals surface area (Å²) in [6, 6.07) is 64.7. The van der Waals surface area contributed by atoms with Crippen LogP contribution in [-0.4, -0.2) is 19.5 Å². The zero-order chi connectivity index (χ0) is 36.7. The maximum atomic E-state index is 8.05. The van der Waals surface area contributed by atoms with Crippen LogP contribution in [0.4, 0.5) is 5.69 Å². The van der Waals surface area contributed by atoms with E-state index in [-0.39, 0.29) is 0 Å². The standard InChI is InChI=1S/C50H31N5/c1-51-45-22-12-10-20-42(45)39-29-40(50-53-48(34-15-4-2-5-16-34)52-49(54-50)35-17-6-3-7-18-35)31-41(30-39)55-46-23-13-11-21-43(46)44-27-26-38(32-47(44)55)37-25-24-33-14-8-9-19-36(33)28-37/h2-32H. The Kier molecular flexibility index (Phi) is 7.79. The highest BCUT2D eigenvalue weighted by Gasteiger charge is 2.19.